The number of benzene rings is 1. The van der Waals surface area contributed by atoms with Crippen molar-refractivity contribution >= 4 is 41.4 Å². The first-order valence-corrected chi connectivity index (χ1v) is 9.24. The number of ketones is 1. The average molecular weight is 428 g/mol. The minimum absolute atomic E-state index is 0. The van der Waals surface area contributed by atoms with Gasteiger partial charge in [-0.05, 0) is 30.7 Å². The molecular formula is C21H22ClN5O3. The third kappa shape index (κ3) is 3.86. The van der Waals surface area contributed by atoms with Gasteiger partial charge < -0.3 is 20.3 Å². The number of anilines is 2. The standard InChI is InChI=1S/C21H21N5O3.ClH/c1-12-4-6-15-19(20(12)29-3)25-18(26-9-8-22-21(15)26)10-16(28)14-5-7-17(23-11-14)24-13(2)27;/h4-7,10-11,25H,8-9H2,1-3H3,(H,23,24,27);1H. The third-order valence-corrected chi connectivity index (χ3v) is 4.80. The molecule has 0 spiro atoms. The van der Waals surface area contributed by atoms with Gasteiger partial charge in [0.15, 0.2) is 5.78 Å². The van der Waals surface area contributed by atoms with Crippen molar-refractivity contribution < 1.29 is 14.3 Å². The first-order valence-electron chi connectivity index (χ1n) is 9.24. The summed E-state index contributed by atoms with van der Waals surface area (Å²) in [7, 11) is 1.63. The molecular weight excluding hydrogens is 406 g/mol. The van der Waals surface area contributed by atoms with Crippen LogP contribution in [0, 0.1) is 6.92 Å². The van der Waals surface area contributed by atoms with Crippen molar-refractivity contribution in [2.45, 2.75) is 13.8 Å². The van der Waals surface area contributed by atoms with Crippen molar-refractivity contribution in [1.82, 2.24) is 9.88 Å². The lowest BCUT2D eigenvalue weighted by atomic mass is 10.0. The van der Waals surface area contributed by atoms with E-state index in [2.05, 4.69) is 20.6 Å². The minimum atomic E-state index is -0.214. The number of pyridine rings is 1. The summed E-state index contributed by atoms with van der Waals surface area (Å²) in [5, 5.41) is 5.93. The molecule has 0 aliphatic carbocycles. The van der Waals surface area contributed by atoms with Gasteiger partial charge in [0.1, 0.15) is 23.2 Å². The van der Waals surface area contributed by atoms with Crippen LogP contribution in [0.1, 0.15) is 28.4 Å². The number of nitrogens with zero attached hydrogens (tertiary/aromatic N) is 3. The zero-order chi connectivity index (χ0) is 20.5. The Morgan fingerprint density at radius 3 is 2.73 bits per heavy atom. The van der Waals surface area contributed by atoms with E-state index in [0.29, 0.717) is 30.3 Å². The Kier molecular flexibility index (Phi) is 6.07. The number of allylic oxidation sites excluding steroid dienone is 1. The molecule has 0 fully saturated rings. The molecule has 1 aromatic carbocycles. The Hall–Kier alpha value is -3.39. The molecule has 2 aromatic rings. The number of amidine groups is 1. The molecule has 3 heterocycles. The van der Waals surface area contributed by atoms with Crippen molar-refractivity contribution in [2.75, 3.05) is 30.8 Å². The Morgan fingerprint density at radius 2 is 2.07 bits per heavy atom. The molecule has 0 atom stereocenters. The number of ether oxygens (including phenoxy) is 1. The molecule has 0 saturated carbocycles. The van der Waals surface area contributed by atoms with E-state index >= 15 is 0 Å². The molecule has 0 saturated heterocycles. The molecule has 8 nitrogen and oxygen atoms in total. The van der Waals surface area contributed by atoms with Crippen LogP contribution in [0.4, 0.5) is 11.5 Å². The van der Waals surface area contributed by atoms with Gasteiger partial charge in [-0.1, -0.05) is 6.07 Å². The Bertz CT molecular complexity index is 1060. The van der Waals surface area contributed by atoms with Crippen LogP contribution in [0.5, 0.6) is 5.75 Å². The molecule has 9 heteroatoms. The third-order valence-electron chi connectivity index (χ3n) is 4.80. The number of nitrogens with one attached hydrogen (secondary N) is 2. The Morgan fingerprint density at radius 1 is 1.27 bits per heavy atom. The lowest BCUT2D eigenvalue weighted by Crippen LogP contribution is -2.36. The highest BCUT2D eigenvalue weighted by Gasteiger charge is 2.32. The maximum atomic E-state index is 12.8. The second-order valence-corrected chi connectivity index (χ2v) is 6.83. The van der Waals surface area contributed by atoms with E-state index in [1.54, 1.807) is 25.3 Å². The maximum Gasteiger partial charge on any atom is 0.222 e. The summed E-state index contributed by atoms with van der Waals surface area (Å²) in [5.41, 5.74) is 3.18. The van der Waals surface area contributed by atoms with Crippen LogP contribution in [-0.4, -0.2) is 47.6 Å². The smallest absolute Gasteiger partial charge is 0.222 e. The number of carbonyl (C=O) groups is 2. The van der Waals surface area contributed by atoms with Crippen molar-refractivity contribution in [2.24, 2.45) is 4.99 Å². The zero-order valence-electron chi connectivity index (χ0n) is 16.9. The van der Waals surface area contributed by atoms with Crippen LogP contribution in [0.25, 0.3) is 0 Å². The van der Waals surface area contributed by atoms with Gasteiger partial charge in [-0.25, -0.2) is 4.98 Å². The SMILES string of the molecule is COc1c(C)ccc2c1NC(=CC(=O)c1ccc(NC(C)=O)nc1)N1CCN=C21.Cl. The van der Waals surface area contributed by atoms with E-state index in [1.807, 2.05) is 24.0 Å². The van der Waals surface area contributed by atoms with Crippen molar-refractivity contribution in [3.63, 3.8) is 0 Å². The molecule has 2 aliphatic rings. The predicted octanol–water partition coefficient (Wildman–Crippen LogP) is 2.99. The van der Waals surface area contributed by atoms with Gasteiger partial charge in [-0.2, -0.15) is 0 Å². The number of aryl methyl sites for hydroxylation is 1. The van der Waals surface area contributed by atoms with Gasteiger partial charge in [-0.3, -0.25) is 14.6 Å². The van der Waals surface area contributed by atoms with E-state index in [9.17, 15) is 9.59 Å². The number of amides is 1. The number of aliphatic imine (C=N–C) groups is 1. The number of rotatable bonds is 4. The number of fused-ring (bicyclic) bond motifs is 3. The quantitative estimate of drug-likeness (QED) is 0.575. The van der Waals surface area contributed by atoms with Gasteiger partial charge in [-0.15, -0.1) is 12.4 Å². The van der Waals surface area contributed by atoms with Crippen LogP contribution in [0.3, 0.4) is 0 Å². The van der Waals surface area contributed by atoms with E-state index < -0.39 is 0 Å². The summed E-state index contributed by atoms with van der Waals surface area (Å²) in [4.78, 5) is 34.7. The fourth-order valence-electron chi connectivity index (χ4n) is 3.48. The fourth-order valence-corrected chi connectivity index (χ4v) is 3.48. The van der Waals surface area contributed by atoms with E-state index in [4.69, 9.17) is 4.74 Å². The van der Waals surface area contributed by atoms with Gasteiger partial charge in [0, 0.05) is 36.9 Å². The van der Waals surface area contributed by atoms with Gasteiger partial charge >= 0.3 is 0 Å². The molecule has 1 amide bonds. The second kappa shape index (κ2) is 8.54. The average Bonchev–Trinajstić information content (AvgIpc) is 3.18. The van der Waals surface area contributed by atoms with Crippen LogP contribution in [0.15, 0.2) is 47.4 Å². The molecule has 156 valence electrons. The number of hydrogen-bond acceptors (Lipinski definition) is 7. The van der Waals surface area contributed by atoms with E-state index in [-0.39, 0.29) is 24.1 Å². The number of halogens is 1. The number of hydrogen-bond donors (Lipinski definition) is 2. The predicted molar refractivity (Wildman–Crippen MR) is 118 cm³/mol. The van der Waals surface area contributed by atoms with E-state index in [1.165, 1.54) is 13.1 Å². The summed E-state index contributed by atoms with van der Waals surface area (Å²) in [5.74, 6) is 2.20. The lowest BCUT2D eigenvalue weighted by molar-refractivity contribution is -0.114. The van der Waals surface area contributed by atoms with Crippen LogP contribution in [0.2, 0.25) is 0 Å². The molecule has 1 aromatic heterocycles. The number of aromatic nitrogens is 1. The van der Waals surface area contributed by atoms with Gasteiger partial charge in [0.25, 0.3) is 0 Å². The highest BCUT2D eigenvalue weighted by molar-refractivity contribution is 6.11. The number of carbonyl (C=O) groups excluding carboxylic acids is 2. The zero-order valence-corrected chi connectivity index (χ0v) is 17.7. The van der Waals surface area contributed by atoms with Crippen LogP contribution in [-0.2, 0) is 4.79 Å². The van der Waals surface area contributed by atoms with Crippen LogP contribution < -0.4 is 15.4 Å². The van der Waals surface area contributed by atoms with Gasteiger partial charge in [0.2, 0.25) is 5.91 Å². The van der Waals surface area contributed by atoms with Crippen molar-refractivity contribution in [1.29, 1.82) is 0 Å². The van der Waals surface area contributed by atoms with E-state index in [0.717, 1.165) is 28.4 Å². The largest absolute Gasteiger partial charge is 0.494 e. The first-order chi connectivity index (χ1) is 14.0. The number of methoxy groups -OCH3 is 1. The fraction of sp³-hybridized carbons (Fsp3) is 0.238. The minimum Gasteiger partial charge on any atom is -0.494 e. The van der Waals surface area contributed by atoms with Crippen LogP contribution >= 0.6 is 12.4 Å². The molecule has 2 N–H and O–H groups in total. The van der Waals surface area contributed by atoms with Crippen molar-refractivity contribution in [3.8, 4) is 5.75 Å². The molecule has 30 heavy (non-hydrogen) atoms. The summed E-state index contributed by atoms with van der Waals surface area (Å²) in [6.45, 7) is 4.73. The highest BCUT2D eigenvalue weighted by atomic mass is 35.5. The monoisotopic (exact) mass is 427 g/mol. The normalized spacial score (nSPS) is 15.4. The Balaban J connectivity index is 0.00000256. The Labute approximate surface area is 180 Å². The first kappa shape index (κ1) is 21.3. The molecule has 0 unspecified atom stereocenters. The molecule has 2 aliphatic heterocycles. The molecule has 0 radical (unpaired) electrons. The maximum absolute atomic E-state index is 12.8. The van der Waals surface area contributed by atoms with Crippen molar-refractivity contribution in [3.05, 3.63) is 59.0 Å². The lowest BCUT2D eigenvalue weighted by Gasteiger charge is -2.32. The second-order valence-electron chi connectivity index (χ2n) is 6.83. The molecule has 4 rings (SSSR count). The topological polar surface area (TPSA) is 95.9 Å². The summed E-state index contributed by atoms with van der Waals surface area (Å²) in [6.07, 6.45) is 2.99. The highest BCUT2D eigenvalue weighted by Crippen LogP contribution is 2.39. The van der Waals surface area contributed by atoms with Gasteiger partial charge in [0.05, 0.1) is 19.3 Å². The summed E-state index contributed by atoms with van der Waals surface area (Å²) < 4.78 is 5.58. The summed E-state index contributed by atoms with van der Waals surface area (Å²) in [6, 6.07) is 7.26. The summed E-state index contributed by atoms with van der Waals surface area (Å²) >= 11 is 0. The molecule has 0 bridgehead atoms.